The van der Waals surface area contributed by atoms with Crippen LogP contribution >= 0.6 is 11.6 Å². The zero-order chi connectivity index (χ0) is 22.6. The van der Waals surface area contributed by atoms with Gasteiger partial charge in [-0.3, -0.25) is 10.1 Å². The van der Waals surface area contributed by atoms with E-state index in [1.54, 1.807) is 12.4 Å². The fraction of sp³-hybridized carbons (Fsp3) is 0.192. The molecule has 2 N–H and O–H groups in total. The fourth-order valence-electron chi connectivity index (χ4n) is 4.50. The molecule has 0 radical (unpaired) electrons. The van der Waals surface area contributed by atoms with E-state index in [4.69, 9.17) is 16.7 Å². The second-order valence-electron chi connectivity index (χ2n) is 8.22. The Morgan fingerprint density at radius 1 is 1.00 bits per heavy atom. The predicted octanol–water partition coefficient (Wildman–Crippen LogP) is 5.96. The van der Waals surface area contributed by atoms with Crippen molar-refractivity contribution < 1.29 is 5.21 Å². The number of amidine groups is 1. The largest absolute Gasteiger partial charge is 0.409 e. The molecule has 3 heterocycles. The summed E-state index contributed by atoms with van der Waals surface area (Å²) in [5.41, 5.74) is 6.22. The zero-order valence-corrected chi connectivity index (χ0v) is 18.8. The van der Waals surface area contributed by atoms with Crippen molar-refractivity contribution in [3.63, 3.8) is 0 Å². The maximum absolute atomic E-state index is 9.80. The van der Waals surface area contributed by atoms with Crippen molar-refractivity contribution in [3.8, 4) is 22.4 Å². The number of hydrogen-bond acceptors (Lipinski definition) is 4. The smallest absolute Gasteiger partial charge is 0.145 e. The maximum Gasteiger partial charge on any atom is 0.145 e. The average Bonchev–Trinajstić information content (AvgIpc) is 3.31. The minimum atomic E-state index is 0.152. The molecule has 5 rings (SSSR count). The SMILES string of the molecule is ON=C1CC(c2[nH]nc(-c3ccc(Cl)cc3)c2-c2ccncc2)CCN1Cc1ccccc1. The van der Waals surface area contributed by atoms with Crippen LogP contribution in [0.25, 0.3) is 22.4 Å². The summed E-state index contributed by atoms with van der Waals surface area (Å²) in [4.78, 5) is 6.33. The van der Waals surface area contributed by atoms with Gasteiger partial charge in [0.15, 0.2) is 0 Å². The van der Waals surface area contributed by atoms with Crippen molar-refractivity contribution in [1.29, 1.82) is 0 Å². The third kappa shape index (κ3) is 4.47. The topological polar surface area (TPSA) is 77.4 Å². The van der Waals surface area contributed by atoms with Crippen molar-refractivity contribution in [1.82, 2.24) is 20.1 Å². The molecule has 4 aromatic rings. The number of pyridine rings is 1. The lowest BCUT2D eigenvalue weighted by molar-refractivity contribution is 0.275. The number of nitrogens with one attached hydrogen (secondary N) is 1. The van der Waals surface area contributed by atoms with Gasteiger partial charge in [0.05, 0.1) is 0 Å². The Kier molecular flexibility index (Phi) is 6.09. The zero-order valence-electron chi connectivity index (χ0n) is 18.0. The van der Waals surface area contributed by atoms with Crippen LogP contribution in [0.1, 0.15) is 30.0 Å². The van der Waals surface area contributed by atoms with Gasteiger partial charge in [-0.05, 0) is 41.8 Å². The number of hydrogen-bond donors (Lipinski definition) is 2. The minimum absolute atomic E-state index is 0.152. The van der Waals surface area contributed by atoms with Crippen molar-refractivity contribution in [2.24, 2.45) is 5.16 Å². The second-order valence-corrected chi connectivity index (χ2v) is 8.65. The summed E-state index contributed by atoms with van der Waals surface area (Å²) in [6, 6.07) is 22.0. The Labute approximate surface area is 197 Å². The molecule has 1 saturated heterocycles. The van der Waals surface area contributed by atoms with Crippen LogP contribution in [0.15, 0.2) is 84.3 Å². The first-order valence-corrected chi connectivity index (χ1v) is 11.3. The van der Waals surface area contributed by atoms with Gasteiger partial charge in [0.2, 0.25) is 0 Å². The van der Waals surface area contributed by atoms with Gasteiger partial charge in [0, 0.05) is 59.7 Å². The van der Waals surface area contributed by atoms with Crippen LogP contribution in [0, 0.1) is 0 Å². The van der Waals surface area contributed by atoms with Crippen LogP contribution in [0.3, 0.4) is 0 Å². The van der Waals surface area contributed by atoms with Crippen LogP contribution in [0.4, 0.5) is 0 Å². The number of aromatic nitrogens is 3. The van der Waals surface area contributed by atoms with E-state index in [0.717, 1.165) is 47.6 Å². The molecule has 7 heteroatoms. The van der Waals surface area contributed by atoms with Crippen molar-refractivity contribution in [3.05, 3.63) is 95.4 Å². The highest BCUT2D eigenvalue weighted by atomic mass is 35.5. The minimum Gasteiger partial charge on any atom is -0.409 e. The van der Waals surface area contributed by atoms with E-state index in [1.165, 1.54) is 5.56 Å². The number of halogens is 1. The molecule has 6 nitrogen and oxygen atoms in total. The van der Waals surface area contributed by atoms with Gasteiger partial charge in [-0.1, -0.05) is 59.2 Å². The molecule has 1 unspecified atom stereocenters. The summed E-state index contributed by atoms with van der Waals surface area (Å²) in [5, 5.41) is 22.2. The van der Waals surface area contributed by atoms with Crippen LogP contribution in [0.2, 0.25) is 5.02 Å². The second kappa shape index (κ2) is 9.46. The van der Waals surface area contributed by atoms with Crippen LogP contribution in [-0.2, 0) is 6.54 Å². The van der Waals surface area contributed by atoms with E-state index in [-0.39, 0.29) is 5.92 Å². The van der Waals surface area contributed by atoms with E-state index in [2.05, 4.69) is 32.3 Å². The maximum atomic E-state index is 9.80. The van der Waals surface area contributed by atoms with Crippen molar-refractivity contribution in [2.45, 2.75) is 25.3 Å². The van der Waals surface area contributed by atoms with Gasteiger partial charge in [-0.15, -0.1) is 0 Å². The molecule has 0 saturated carbocycles. The molecule has 0 aliphatic carbocycles. The summed E-state index contributed by atoms with van der Waals surface area (Å²) >= 11 is 6.11. The fourth-order valence-corrected chi connectivity index (χ4v) is 4.62. The molecule has 0 bridgehead atoms. The Balaban J connectivity index is 1.47. The lowest BCUT2D eigenvalue weighted by atomic mass is 9.87. The first-order valence-electron chi connectivity index (χ1n) is 11.0. The molecule has 1 aliphatic heterocycles. The molecule has 1 atom stereocenters. The van der Waals surface area contributed by atoms with E-state index in [1.807, 2.05) is 54.6 Å². The van der Waals surface area contributed by atoms with E-state index >= 15 is 0 Å². The summed E-state index contributed by atoms with van der Waals surface area (Å²) in [6.07, 6.45) is 5.14. The highest BCUT2D eigenvalue weighted by Crippen LogP contribution is 2.40. The van der Waals surface area contributed by atoms with E-state index in [9.17, 15) is 5.21 Å². The van der Waals surface area contributed by atoms with Gasteiger partial charge in [0.25, 0.3) is 0 Å². The third-order valence-electron chi connectivity index (χ3n) is 6.16. The number of rotatable bonds is 5. The molecule has 1 fully saturated rings. The highest BCUT2D eigenvalue weighted by Gasteiger charge is 2.30. The third-order valence-corrected chi connectivity index (χ3v) is 6.41. The number of oxime groups is 1. The number of likely N-dealkylation sites (tertiary alicyclic amines) is 1. The van der Waals surface area contributed by atoms with Gasteiger partial charge in [-0.2, -0.15) is 5.10 Å². The number of benzene rings is 2. The van der Waals surface area contributed by atoms with Crippen LogP contribution < -0.4 is 0 Å². The summed E-state index contributed by atoms with van der Waals surface area (Å²) < 4.78 is 0. The molecule has 2 aromatic carbocycles. The standard InChI is InChI=1S/C26H24ClN5O/c27-22-8-6-20(7-9-22)25-24(19-10-13-28-14-11-19)26(30-29-25)21-12-15-32(23(16-21)31-33)17-18-4-2-1-3-5-18/h1-11,13-14,21,33H,12,15-17H2,(H,29,30). The summed E-state index contributed by atoms with van der Waals surface area (Å²) in [5.74, 6) is 0.845. The molecular formula is C26H24ClN5O. The molecule has 0 amide bonds. The van der Waals surface area contributed by atoms with Crippen molar-refractivity contribution >= 4 is 17.4 Å². The molecule has 33 heavy (non-hydrogen) atoms. The van der Waals surface area contributed by atoms with Crippen LogP contribution in [0.5, 0.6) is 0 Å². The summed E-state index contributed by atoms with van der Waals surface area (Å²) in [7, 11) is 0. The van der Waals surface area contributed by atoms with Gasteiger partial charge >= 0.3 is 0 Å². The molecule has 166 valence electrons. The van der Waals surface area contributed by atoms with E-state index in [0.29, 0.717) is 17.3 Å². The molecule has 1 aliphatic rings. The lowest BCUT2D eigenvalue weighted by Gasteiger charge is -2.34. The Morgan fingerprint density at radius 2 is 1.76 bits per heavy atom. The normalized spacial score (nSPS) is 17.4. The van der Waals surface area contributed by atoms with Gasteiger partial charge in [0.1, 0.15) is 11.5 Å². The molecule has 0 spiro atoms. The van der Waals surface area contributed by atoms with E-state index < -0.39 is 0 Å². The number of nitrogens with zero attached hydrogens (tertiary/aromatic N) is 4. The highest BCUT2D eigenvalue weighted by molar-refractivity contribution is 6.30. The van der Waals surface area contributed by atoms with Crippen molar-refractivity contribution in [2.75, 3.05) is 6.54 Å². The van der Waals surface area contributed by atoms with Gasteiger partial charge < -0.3 is 10.1 Å². The predicted molar refractivity (Wildman–Crippen MR) is 130 cm³/mol. The average molecular weight is 458 g/mol. The first kappa shape index (κ1) is 21.2. The molecule has 2 aromatic heterocycles. The quantitative estimate of drug-likeness (QED) is 0.286. The first-order chi connectivity index (χ1) is 16.2. The Hall–Kier alpha value is -3.64. The lowest BCUT2D eigenvalue weighted by Crippen LogP contribution is -2.38. The Morgan fingerprint density at radius 3 is 2.48 bits per heavy atom. The Bertz CT molecular complexity index is 1240. The number of aromatic amines is 1. The number of piperidine rings is 1. The van der Waals surface area contributed by atoms with Crippen LogP contribution in [-0.4, -0.2) is 37.7 Å². The van der Waals surface area contributed by atoms with Gasteiger partial charge in [-0.25, -0.2) is 0 Å². The monoisotopic (exact) mass is 457 g/mol. The number of H-pyrrole nitrogens is 1. The summed E-state index contributed by atoms with van der Waals surface area (Å²) in [6.45, 7) is 1.52. The molecular weight excluding hydrogens is 434 g/mol.